The van der Waals surface area contributed by atoms with Crippen LogP contribution >= 0.6 is 0 Å². The molecule has 1 heteroatoms. The Hall–Kier alpha value is -0.510. The maximum Gasteiger partial charge on any atom is 0.220 e. The summed E-state index contributed by atoms with van der Waals surface area (Å²) in [6, 6.07) is 0. The van der Waals surface area contributed by atoms with Crippen LogP contribution in [0.5, 0.6) is 0 Å². The van der Waals surface area contributed by atoms with Crippen molar-refractivity contribution in [3.8, 4) is 0 Å². The fraction of sp³-hybridized carbons (Fsp3) is 0.889. The van der Waals surface area contributed by atoms with E-state index in [4.69, 9.17) is 6.57 Å². The molecule has 1 rings (SSSR count). The Morgan fingerprint density at radius 3 is 2.20 bits per heavy atom. The lowest BCUT2D eigenvalue weighted by Gasteiger charge is -2.40. The quantitative estimate of drug-likeness (QED) is 0.515. The smallest absolute Gasteiger partial charge is 0.220 e. The Morgan fingerprint density at radius 1 is 1.50 bits per heavy atom. The fourth-order valence-electron chi connectivity index (χ4n) is 1.71. The van der Waals surface area contributed by atoms with Crippen LogP contribution in [0, 0.1) is 17.9 Å². The maximum absolute atomic E-state index is 6.81. The third-order valence-electron chi connectivity index (χ3n) is 2.97. The zero-order valence-corrected chi connectivity index (χ0v) is 6.85. The fourth-order valence-corrected chi connectivity index (χ4v) is 1.71. The minimum atomic E-state index is 0.418. The lowest BCUT2D eigenvalue weighted by atomic mass is 9.62. The average Bonchev–Trinajstić information content (AvgIpc) is 1.77. The van der Waals surface area contributed by atoms with E-state index in [0.29, 0.717) is 11.3 Å². The van der Waals surface area contributed by atoms with Crippen molar-refractivity contribution in [1.29, 1.82) is 0 Å². The highest BCUT2D eigenvalue weighted by Gasteiger charge is 2.42. The molecule has 0 aromatic heterocycles. The molecule has 10 heavy (non-hydrogen) atoms. The first-order valence-corrected chi connectivity index (χ1v) is 4.04. The van der Waals surface area contributed by atoms with Crippen LogP contribution in [0.1, 0.15) is 33.1 Å². The van der Waals surface area contributed by atoms with E-state index in [2.05, 4.69) is 18.7 Å². The van der Waals surface area contributed by atoms with Crippen molar-refractivity contribution in [2.45, 2.75) is 33.1 Å². The molecule has 0 bridgehead atoms. The Labute approximate surface area is 63.3 Å². The van der Waals surface area contributed by atoms with Gasteiger partial charge in [0.15, 0.2) is 0 Å². The molecule has 56 valence electrons. The Bertz CT molecular complexity index is 149. The third kappa shape index (κ3) is 1.03. The SMILES string of the molecule is [C-]#[N+]CC1(C(C)C)CCC1. The predicted octanol–water partition coefficient (Wildman–Crippen LogP) is 2.73. The van der Waals surface area contributed by atoms with Crippen LogP contribution in [0.15, 0.2) is 0 Å². The lowest BCUT2D eigenvalue weighted by Crippen LogP contribution is -2.37. The highest BCUT2D eigenvalue weighted by molar-refractivity contribution is 4.95. The van der Waals surface area contributed by atoms with Crippen LogP contribution in [-0.4, -0.2) is 6.54 Å². The second-order valence-electron chi connectivity index (χ2n) is 3.69. The van der Waals surface area contributed by atoms with Gasteiger partial charge in [-0.05, 0) is 18.8 Å². The molecule has 1 saturated carbocycles. The molecule has 0 unspecified atom stereocenters. The highest BCUT2D eigenvalue weighted by Crippen LogP contribution is 2.47. The molecule has 1 fully saturated rings. The second-order valence-corrected chi connectivity index (χ2v) is 3.69. The molecule has 1 aliphatic carbocycles. The van der Waals surface area contributed by atoms with Crippen molar-refractivity contribution in [1.82, 2.24) is 0 Å². The molecule has 0 aliphatic heterocycles. The molecular weight excluding hydrogens is 122 g/mol. The first kappa shape index (κ1) is 7.60. The molecule has 0 aromatic carbocycles. The van der Waals surface area contributed by atoms with E-state index in [1.807, 2.05) is 0 Å². The predicted molar refractivity (Wildman–Crippen MR) is 42.6 cm³/mol. The molecule has 0 aromatic rings. The molecule has 0 heterocycles. The summed E-state index contributed by atoms with van der Waals surface area (Å²) in [6.45, 7) is 12.0. The summed E-state index contributed by atoms with van der Waals surface area (Å²) in [5.74, 6) is 0.704. The van der Waals surface area contributed by atoms with E-state index in [9.17, 15) is 0 Å². The highest BCUT2D eigenvalue weighted by atomic mass is 14.7. The molecule has 0 saturated heterocycles. The maximum atomic E-state index is 6.81. The van der Waals surface area contributed by atoms with Crippen molar-refractivity contribution in [3.63, 3.8) is 0 Å². The van der Waals surface area contributed by atoms with Gasteiger partial charge in [0.05, 0.1) is 0 Å². The van der Waals surface area contributed by atoms with Gasteiger partial charge >= 0.3 is 0 Å². The number of hydrogen-bond acceptors (Lipinski definition) is 0. The average molecular weight is 137 g/mol. The molecule has 0 N–H and O–H groups in total. The number of nitrogens with zero attached hydrogens (tertiary/aromatic N) is 1. The van der Waals surface area contributed by atoms with Gasteiger partial charge in [0.2, 0.25) is 6.54 Å². The van der Waals surface area contributed by atoms with Gasteiger partial charge in [-0.1, -0.05) is 20.3 Å². The Balaban J connectivity index is 2.52. The zero-order chi connectivity index (χ0) is 7.61. The summed E-state index contributed by atoms with van der Waals surface area (Å²) < 4.78 is 0. The van der Waals surface area contributed by atoms with Gasteiger partial charge in [0, 0.05) is 5.41 Å². The van der Waals surface area contributed by atoms with Crippen LogP contribution in [0.25, 0.3) is 4.85 Å². The van der Waals surface area contributed by atoms with Crippen molar-refractivity contribution >= 4 is 0 Å². The molecule has 0 spiro atoms. The summed E-state index contributed by atoms with van der Waals surface area (Å²) in [4.78, 5) is 3.50. The standard InChI is InChI=1S/C9H15N/c1-8(2)9(7-10-3)5-4-6-9/h8H,4-7H2,1-2H3. The Morgan fingerprint density at radius 2 is 2.10 bits per heavy atom. The minimum absolute atomic E-state index is 0.418. The summed E-state index contributed by atoms with van der Waals surface area (Å²) >= 11 is 0. The van der Waals surface area contributed by atoms with Gasteiger partial charge in [-0.15, -0.1) is 0 Å². The van der Waals surface area contributed by atoms with Crippen LogP contribution in [0.3, 0.4) is 0 Å². The van der Waals surface area contributed by atoms with E-state index in [1.165, 1.54) is 19.3 Å². The largest absolute Gasteiger partial charge is 0.316 e. The van der Waals surface area contributed by atoms with Crippen LogP contribution < -0.4 is 0 Å². The van der Waals surface area contributed by atoms with E-state index in [1.54, 1.807) is 0 Å². The van der Waals surface area contributed by atoms with E-state index in [0.717, 1.165) is 6.54 Å². The first-order valence-electron chi connectivity index (χ1n) is 4.04. The van der Waals surface area contributed by atoms with E-state index in [-0.39, 0.29) is 0 Å². The van der Waals surface area contributed by atoms with Gasteiger partial charge in [0.25, 0.3) is 0 Å². The summed E-state index contributed by atoms with van der Waals surface area (Å²) in [7, 11) is 0. The summed E-state index contributed by atoms with van der Waals surface area (Å²) in [5.41, 5.74) is 0.418. The van der Waals surface area contributed by atoms with Crippen molar-refractivity contribution in [2.24, 2.45) is 11.3 Å². The molecular formula is C9H15N. The third-order valence-corrected chi connectivity index (χ3v) is 2.97. The van der Waals surface area contributed by atoms with Gasteiger partial charge < -0.3 is 4.85 Å². The molecule has 0 radical (unpaired) electrons. The van der Waals surface area contributed by atoms with E-state index < -0.39 is 0 Å². The van der Waals surface area contributed by atoms with E-state index >= 15 is 0 Å². The topological polar surface area (TPSA) is 4.36 Å². The van der Waals surface area contributed by atoms with Crippen LogP contribution in [0.2, 0.25) is 0 Å². The molecule has 1 aliphatic rings. The monoisotopic (exact) mass is 137 g/mol. The van der Waals surface area contributed by atoms with Crippen molar-refractivity contribution < 1.29 is 0 Å². The van der Waals surface area contributed by atoms with Gasteiger partial charge in [-0.3, -0.25) is 0 Å². The number of hydrogen-bond donors (Lipinski definition) is 0. The molecule has 0 amide bonds. The lowest BCUT2D eigenvalue weighted by molar-refractivity contribution is 0.0893. The first-order chi connectivity index (χ1) is 4.71. The Kier molecular flexibility index (Phi) is 1.99. The molecule has 0 atom stereocenters. The minimum Gasteiger partial charge on any atom is -0.316 e. The summed E-state index contributed by atoms with van der Waals surface area (Å²) in [5, 5.41) is 0. The van der Waals surface area contributed by atoms with Gasteiger partial charge in [0.1, 0.15) is 0 Å². The van der Waals surface area contributed by atoms with Crippen LogP contribution in [0.4, 0.5) is 0 Å². The number of rotatable bonds is 2. The van der Waals surface area contributed by atoms with Crippen molar-refractivity contribution in [2.75, 3.05) is 6.54 Å². The zero-order valence-electron chi connectivity index (χ0n) is 6.85. The second kappa shape index (κ2) is 2.62. The van der Waals surface area contributed by atoms with Gasteiger partial charge in [-0.25, -0.2) is 6.57 Å². The summed E-state index contributed by atoms with van der Waals surface area (Å²) in [6.07, 6.45) is 3.91. The molecule has 1 nitrogen and oxygen atoms in total. The van der Waals surface area contributed by atoms with Crippen LogP contribution in [-0.2, 0) is 0 Å². The normalized spacial score (nSPS) is 21.8. The van der Waals surface area contributed by atoms with Crippen molar-refractivity contribution in [3.05, 3.63) is 11.4 Å². The van der Waals surface area contributed by atoms with Gasteiger partial charge in [-0.2, -0.15) is 0 Å².